The van der Waals surface area contributed by atoms with Gasteiger partial charge in [-0.05, 0) is 0 Å². The first-order chi connectivity index (χ1) is 3.93. The van der Waals surface area contributed by atoms with E-state index in [0.29, 0.717) is 19.8 Å². The normalized spacial score (nSPS) is 27.0. The van der Waals surface area contributed by atoms with Gasteiger partial charge in [-0.2, -0.15) is 0 Å². The highest BCUT2D eigenvalue weighted by molar-refractivity contribution is 4.59. The molecule has 1 unspecified atom stereocenters. The van der Waals surface area contributed by atoms with E-state index < -0.39 is 0 Å². The molecule has 0 bridgehead atoms. The second-order valence-corrected chi connectivity index (χ2v) is 1.80. The van der Waals surface area contributed by atoms with Gasteiger partial charge in [0.1, 0.15) is 0 Å². The van der Waals surface area contributed by atoms with Crippen molar-refractivity contribution in [3.8, 4) is 0 Å². The second kappa shape index (κ2) is 4.73. The third kappa shape index (κ3) is 2.79. The lowest BCUT2D eigenvalue weighted by atomic mass is 10.3. The summed E-state index contributed by atoms with van der Waals surface area (Å²) in [6, 6.07) is 0. The van der Waals surface area contributed by atoms with Crippen LogP contribution in [0.5, 0.6) is 0 Å². The van der Waals surface area contributed by atoms with Crippen molar-refractivity contribution < 1.29 is 9.47 Å². The minimum absolute atomic E-state index is 0. The van der Waals surface area contributed by atoms with E-state index in [0.717, 1.165) is 6.61 Å². The number of ether oxygens (including phenoxy) is 2. The minimum Gasteiger partial charge on any atom is -0.376 e. The molecular weight excluding hydrogens is 118 g/mol. The van der Waals surface area contributed by atoms with E-state index in [1.54, 1.807) is 0 Å². The Kier molecular flexibility index (Phi) is 4.67. The zero-order valence-electron chi connectivity index (χ0n) is 4.80. The van der Waals surface area contributed by atoms with E-state index in [2.05, 4.69) is 0 Å². The lowest BCUT2D eigenvalue weighted by Crippen LogP contribution is -2.34. The summed E-state index contributed by atoms with van der Waals surface area (Å²) in [5.74, 6) is 0. The molecule has 1 saturated heterocycles. The average Bonchev–Trinajstić information content (AvgIpc) is 1.90. The van der Waals surface area contributed by atoms with E-state index in [1.807, 2.05) is 0 Å². The Labute approximate surface area is 56.1 Å². The van der Waals surface area contributed by atoms with Gasteiger partial charge in [-0.25, -0.2) is 0 Å². The molecule has 1 fully saturated rings. The molecule has 3 nitrogen and oxygen atoms in total. The lowest BCUT2D eigenvalue weighted by molar-refractivity contribution is -0.0834. The van der Waals surface area contributed by atoms with Crippen LogP contribution in [0.15, 0.2) is 0 Å². The van der Waals surface area contributed by atoms with E-state index in [9.17, 15) is 0 Å². The summed E-state index contributed by atoms with van der Waals surface area (Å²) in [5.41, 5.74) is 5.30. The molecule has 1 aliphatic heterocycles. The Morgan fingerprint density at radius 2 is 2.22 bits per heavy atom. The third-order valence-corrected chi connectivity index (χ3v) is 1.15. The summed E-state index contributed by atoms with van der Waals surface area (Å²) >= 11 is 0. The molecule has 0 aromatic rings. The Morgan fingerprint density at radius 1 is 1.44 bits per heavy atom. The van der Waals surface area contributed by atoms with Crippen molar-refractivity contribution in [1.29, 1.82) is 0 Å². The maximum atomic E-state index is 5.30. The minimum atomic E-state index is 0. The third-order valence-electron chi connectivity index (χ3n) is 1.15. The summed E-state index contributed by atoms with van der Waals surface area (Å²) in [5, 5.41) is 0. The predicted octanol–water partition coefficient (Wildman–Crippen LogP) is -0.00340. The van der Waals surface area contributed by atoms with Gasteiger partial charge in [-0.15, -0.1) is 0 Å². The predicted molar refractivity (Wildman–Crippen MR) is 36.3 cm³/mol. The molecule has 0 aromatic carbocycles. The van der Waals surface area contributed by atoms with Gasteiger partial charge >= 0.3 is 0 Å². The van der Waals surface area contributed by atoms with Gasteiger partial charge in [0.25, 0.3) is 0 Å². The first-order valence-electron chi connectivity index (χ1n) is 2.83. The van der Waals surface area contributed by atoms with Gasteiger partial charge in [0.15, 0.2) is 0 Å². The fourth-order valence-corrected chi connectivity index (χ4v) is 0.673. The van der Waals surface area contributed by atoms with Gasteiger partial charge < -0.3 is 15.2 Å². The summed E-state index contributed by atoms with van der Waals surface area (Å²) in [7, 11) is 0. The molecule has 0 aliphatic carbocycles. The van der Waals surface area contributed by atoms with Crippen molar-refractivity contribution in [2.75, 3.05) is 26.4 Å². The Bertz CT molecular complexity index is 62.1. The first kappa shape index (κ1) is 8.88. The van der Waals surface area contributed by atoms with Crippen LogP contribution in [0.2, 0.25) is 0 Å². The Hall–Kier alpha value is -0.120. The molecule has 9 heavy (non-hydrogen) atoms. The molecule has 2 N–H and O–H groups in total. The first-order valence-corrected chi connectivity index (χ1v) is 2.83. The standard InChI is InChI=1S/C5H11NO2.CH4/c6-3-5-4-7-1-2-8-5;/h5H,1-4,6H2;1H4. The van der Waals surface area contributed by atoms with Crippen LogP contribution in [0, 0.1) is 0 Å². The van der Waals surface area contributed by atoms with E-state index >= 15 is 0 Å². The summed E-state index contributed by atoms with van der Waals surface area (Å²) in [6.45, 7) is 2.65. The van der Waals surface area contributed by atoms with Crippen molar-refractivity contribution >= 4 is 0 Å². The van der Waals surface area contributed by atoms with Crippen LogP contribution in [0.1, 0.15) is 7.43 Å². The zero-order chi connectivity index (χ0) is 5.82. The molecule has 1 atom stereocenters. The van der Waals surface area contributed by atoms with Gasteiger partial charge in [-0.1, -0.05) is 7.43 Å². The quantitative estimate of drug-likeness (QED) is 0.547. The molecule has 0 aromatic heterocycles. The van der Waals surface area contributed by atoms with E-state index in [4.69, 9.17) is 15.2 Å². The van der Waals surface area contributed by atoms with Crippen LogP contribution >= 0.6 is 0 Å². The molecule has 0 amide bonds. The topological polar surface area (TPSA) is 44.5 Å². The fraction of sp³-hybridized carbons (Fsp3) is 1.00. The van der Waals surface area contributed by atoms with Crippen LogP contribution in [0.4, 0.5) is 0 Å². The summed E-state index contributed by atoms with van der Waals surface area (Å²) < 4.78 is 10.2. The SMILES string of the molecule is C.NCC1COCCO1. The van der Waals surface area contributed by atoms with Crippen LogP contribution in [0.25, 0.3) is 0 Å². The number of hydrogen-bond donors (Lipinski definition) is 1. The maximum Gasteiger partial charge on any atom is 0.0931 e. The molecule has 0 radical (unpaired) electrons. The number of nitrogens with two attached hydrogens (primary N) is 1. The molecule has 1 heterocycles. The van der Waals surface area contributed by atoms with Gasteiger partial charge in [0, 0.05) is 6.54 Å². The Morgan fingerprint density at radius 3 is 2.56 bits per heavy atom. The van der Waals surface area contributed by atoms with Gasteiger partial charge in [0.05, 0.1) is 25.9 Å². The van der Waals surface area contributed by atoms with Crippen molar-refractivity contribution in [3.05, 3.63) is 0 Å². The smallest absolute Gasteiger partial charge is 0.0931 e. The van der Waals surface area contributed by atoms with E-state index in [1.165, 1.54) is 0 Å². The van der Waals surface area contributed by atoms with Crippen molar-refractivity contribution in [2.45, 2.75) is 13.5 Å². The molecular formula is C6H15NO2. The van der Waals surface area contributed by atoms with Crippen LogP contribution < -0.4 is 5.73 Å². The second-order valence-electron chi connectivity index (χ2n) is 1.80. The largest absolute Gasteiger partial charge is 0.376 e. The van der Waals surface area contributed by atoms with Crippen LogP contribution in [0.3, 0.4) is 0 Å². The molecule has 0 spiro atoms. The van der Waals surface area contributed by atoms with Crippen molar-refractivity contribution in [3.63, 3.8) is 0 Å². The van der Waals surface area contributed by atoms with Crippen LogP contribution in [-0.2, 0) is 9.47 Å². The summed E-state index contributed by atoms with van der Waals surface area (Å²) in [4.78, 5) is 0. The highest BCUT2D eigenvalue weighted by Gasteiger charge is 2.10. The number of rotatable bonds is 1. The zero-order valence-corrected chi connectivity index (χ0v) is 4.80. The molecule has 56 valence electrons. The van der Waals surface area contributed by atoms with Crippen LogP contribution in [-0.4, -0.2) is 32.5 Å². The molecule has 3 heteroatoms. The van der Waals surface area contributed by atoms with Gasteiger partial charge in [-0.3, -0.25) is 0 Å². The average molecular weight is 133 g/mol. The lowest BCUT2D eigenvalue weighted by Gasteiger charge is -2.20. The van der Waals surface area contributed by atoms with E-state index in [-0.39, 0.29) is 13.5 Å². The fourth-order valence-electron chi connectivity index (χ4n) is 0.673. The van der Waals surface area contributed by atoms with Crippen molar-refractivity contribution in [2.24, 2.45) is 5.73 Å². The maximum absolute atomic E-state index is 5.30. The highest BCUT2D eigenvalue weighted by atomic mass is 16.6. The Balaban J connectivity index is 0.000000640. The number of hydrogen-bond acceptors (Lipinski definition) is 3. The van der Waals surface area contributed by atoms with Gasteiger partial charge in [0.2, 0.25) is 0 Å². The summed E-state index contributed by atoms with van der Waals surface area (Å²) in [6.07, 6.45) is 0.142. The highest BCUT2D eigenvalue weighted by Crippen LogP contribution is 1.96. The molecule has 0 saturated carbocycles. The molecule has 1 rings (SSSR count). The van der Waals surface area contributed by atoms with Crippen molar-refractivity contribution in [1.82, 2.24) is 0 Å². The monoisotopic (exact) mass is 133 g/mol. The molecule has 1 aliphatic rings.